The zero-order valence-electron chi connectivity index (χ0n) is 14.0. The summed E-state index contributed by atoms with van der Waals surface area (Å²) in [4.78, 5) is 14.6. The largest absolute Gasteiger partial charge is 0.444 e. The second-order valence-corrected chi connectivity index (χ2v) is 7.08. The number of aliphatic hydroxyl groups is 2. The van der Waals surface area contributed by atoms with Crippen LogP contribution in [-0.2, 0) is 4.74 Å². The standard InChI is InChI=1S/C17H23ClN2O4/c1-17(2,3)24-16(23)20-7-5-14(21)15(22)11-8-10-4-6-19-13(10)9-12(11)18/h4,6,8-9,14-15,19,21-22H,5,7H2,1-3H3,(H,20,23). The number of ether oxygens (including phenoxy) is 1. The fourth-order valence-corrected chi connectivity index (χ4v) is 2.60. The highest BCUT2D eigenvalue weighted by Gasteiger charge is 2.22. The van der Waals surface area contributed by atoms with Gasteiger partial charge in [-0.25, -0.2) is 4.79 Å². The van der Waals surface area contributed by atoms with Crippen LogP contribution in [0.25, 0.3) is 10.9 Å². The van der Waals surface area contributed by atoms with Gasteiger partial charge in [-0.2, -0.15) is 0 Å². The molecule has 2 unspecified atom stereocenters. The van der Waals surface area contributed by atoms with E-state index in [2.05, 4.69) is 10.3 Å². The SMILES string of the molecule is CC(C)(C)OC(=O)NCCC(O)C(O)c1cc2cc[nH]c2cc1Cl. The number of amides is 1. The number of fused-ring (bicyclic) bond motifs is 1. The molecule has 1 heterocycles. The van der Waals surface area contributed by atoms with E-state index in [9.17, 15) is 15.0 Å². The van der Waals surface area contributed by atoms with Crippen molar-refractivity contribution in [2.75, 3.05) is 6.54 Å². The number of aromatic amines is 1. The highest BCUT2D eigenvalue weighted by Crippen LogP contribution is 2.30. The number of carbonyl (C=O) groups excluding carboxylic acids is 1. The fraction of sp³-hybridized carbons (Fsp3) is 0.471. The highest BCUT2D eigenvalue weighted by atomic mass is 35.5. The number of carbonyl (C=O) groups is 1. The van der Waals surface area contributed by atoms with Crippen LogP contribution in [0.15, 0.2) is 24.4 Å². The van der Waals surface area contributed by atoms with E-state index in [0.29, 0.717) is 10.6 Å². The zero-order valence-corrected chi connectivity index (χ0v) is 14.7. The van der Waals surface area contributed by atoms with Gasteiger partial charge >= 0.3 is 6.09 Å². The van der Waals surface area contributed by atoms with Gasteiger partial charge in [0.1, 0.15) is 11.7 Å². The quantitative estimate of drug-likeness (QED) is 0.663. The maximum absolute atomic E-state index is 11.5. The first-order valence-electron chi connectivity index (χ1n) is 7.77. The van der Waals surface area contributed by atoms with E-state index in [-0.39, 0.29) is 13.0 Å². The maximum Gasteiger partial charge on any atom is 0.407 e. The molecule has 0 fully saturated rings. The average Bonchev–Trinajstić information content (AvgIpc) is 2.90. The molecule has 24 heavy (non-hydrogen) atoms. The van der Waals surface area contributed by atoms with Gasteiger partial charge in [-0.15, -0.1) is 0 Å². The van der Waals surface area contributed by atoms with Crippen molar-refractivity contribution in [3.63, 3.8) is 0 Å². The van der Waals surface area contributed by atoms with Crippen LogP contribution < -0.4 is 5.32 Å². The van der Waals surface area contributed by atoms with Crippen molar-refractivity contribution in [2.24, 2.45) is 0 Å². The van der Waals surface area contributed by atoms with Crippen molar-refractivity contribution in [2.45, 2.75) is 45.0 Å². The Labute approximate surface area is 145 Å². The lowest BCUT2D eigenvalue weighted by Crippen LogP contribution is -2.34. The Kier molecular flexibility index (Phi) is 5.74. The molecule has 132 valence electrons. The number of rotatable bonds is 5. The van der Waals surface area contributed by atoms with Crippen molar-refractivity contribution < 1.29 is 19.7 Å². The van der Waals surface area contributed by atoms with Crippen molar-refractivity contribution in [3.05, 3.63) is 35.0 Å². The summed E-state index contributed by atoms with van der Waals surface area (Å²) in [6.07, 6.45) is -0.817. The van der Waals surface area contributed by atoms with Crippen molar-refractivity contribution in [1.82, 2.24) is 10.3 Å². The lowest BCUT2D eigenvalue weighted by Gasteiger charge is -2.21. The van der Waals surface area contributed by atoms with E-state index < -0.39 is 23.9 Å². The van der Waals surface area contributed by atoms with Gasteiger partial charge in [-0.1, -0.05) is 11.6 Å². The predicted octanol–water partition coefficient (Wildman–Crippen LogP) is 3.13. The minimum absolute atomic E-state index is 0.169. The van der Waals surface area contributed by atoms with Crippen LogP contribution in [0.5, 0.6) is 0 Å². The molecule has 0 aliphatic heterocycles. The number of H-pyrrole nitrogens is 1. The molecule has 0 aliphatic carbocycles. The predicted molar refractivity (Wildman–Crippen MR) is 93.1 cm³/mol. The summed E-state index contributed by atoms with van der Waals surface area (Å²) in [7, 11) is 0. The first-order chi connectivity index (χ1) is 11.2. The molecule has 7 heteroatoms. The third-order valence-corrected chi connectivity index (χ3v) is 3.79. The minimum atomic E-state index is -1.14. The van der Waals surface area contributed by atoms with Crippen molar-refractivity contribution in [3.8, 4) is 0 Å². The van der Waals surface area contributed by atoms with E-state index in [1.807, 2.05) is 6.07 Å². The number of hydrogen-bond acceptors (Lipinski definition) is 4. The van der Waals surface area contributed by atoms with E-state index in [0.717, 1.165) is 10.9 Å². The molecular formula is C17H23ClN2O4. The first kappa shape index (κ1) is 18.6. The molecule has 2 aromatic rings. The Bertz CT molecular complexity index is 708. The second-order valence-electron chi connectivity index (χ2n) is 6.67. The molecule has 0 saturated carbocycles. The smallest absolute Gasteiger partial charge is 0.407 e. The Morgan fingerprint density at radius 1 is 1.38 bits per heavy atom. The van der Waals surface area contributed by atoms with E-state index in [1.54, 1.807) is 39.1 Å². The molecular weight excluding hydrogens is 332 g/mol. The molecule has 0 radical (unpaired) electrons. The zero-order chi connectivity index (χ0) is 17.9. The summed E-state index contributed by atoms with van der Waals surface area (Å²) in [5.74, 6) is 0. The van der Waals surface area contributed by atoms with Gasteiger partial charge in [0, 0.05) is 28.8 Å². The topological polar surface area (TPSA) is 94.6 Å². The number of nitrogens with one attached hydrogen (secondary N) is 2. The molecule has 2 atom stereocenters. The van der Waals surface area contributed by atoms with Crippen LogP contribution in [0, 0.1) is 0 Å². The Hall–Kier alpha value is -1.76. The highest BCUT2D eigenvalue weighted by molar-refractivity contribution is 6.32. The molecule has 1 amide bonds. The number of benzene rings is 1. The first-order valence-corrected chi connectivity index (χ1v) is 8.14. The second kappa shape index (κ2) is 7.42. The van der Waals surface area contributed by atoms with Gasteiger partial charge in [0.15, 0.2) is 0 Å². The van der Waals surface area contributed by atoms with Crippen LogP contribution in [-0.4, -0.2) is 39.5 Å². The van der Waals surface area contributed by atoms with Crippen LogP contribution in [0.1, 0.15) is 38.9 Å². The Morgan fingerprint density at radius 2 is 2.08 bits per heavy atom. The summed E-state index contributed by atoms with van der Waals surface area (Å²) in [6, 6.07) is 5.31. The maximum atomic E-state index is 11.5. The van der Waals surface area contributed by atoms with Gasteiger partial charge in [-0.3, -0.25) is 0 Å². The average molecular weight is 355 g/mol. The summed E-state index contributed by atoms with van der Waals surface area (Å²) >= 11 is 6.18. The Balaban J connectivity index is 1.92. The van der Waals surface area contributed by atoms with Crippen LogP contribution in [0.3, 0.4) is 0 Å². The van der Waals surface area contributed by atoms with Gasteiger partial charge in [0.05, 0.1) is 6.10 Å². The molecule has 2 rings (SSSR count). The molecule has 1 aromatic heterocycles. The summed E-state index contributed by atoms with van der Waals surface area (Å²) in [6.45, 7) is 5.48. The molecule has 4 N–H and O–H groups in total. The monoisotopic (exact) mass is 354 g/mol. The number of halogens is 1. The third-order valence-electron chi connectivity index (χ3n) is 3.46. The fourth-order valence-electron chi connectivity index (χ4n) is 2.32. The van der Waals surface area contributed by atoms with E-state index in [4.69, 9.17) is 16.3 Å². The van der Waals surface area contributed by atoms with Gasteiger partial charge < -0.3 is 25.3 Å². The third kappa shape index (κ3) is 4.87. The molecule has 0 aliphatic rings. The summed E-state index contributed by atoms with van der Waals surface area (Å²) < 4.78 is 5.10. The van der Waals surface area contributed by atoms with Gasteiger partial charge in [0.2, 0.25) is 0 Å². The van der Waals surface area contributed by atoms with Crippen LogP contribution in [0.4, 0.5) is 4.79 Å². The van der Waals surface area contributed by atoms with Crippen molar-refractivity contribution >= 4 is 28.6 Å². The molecule has 0 bridgehead atoms. The number of aliphatic hydroxyl groups excluding tert-OH is 2. The van der Waals surface area contributed by atoms with Crippen molar-refractivity contribution in [1.29, 1.82) is 0 Å². The lowest BCUT2D eigenvalue weighted by molar-refractivity contribution is 0.0124. The minimum Gasteiger partial charge on any atom is -0.444 e. The molecule has 0 spiro atoms. The number of alkyl carbamates (subject to hydrolysis) is 1. The van der Waals surface area contributed by atoms with Gasteiger partial charge in [0.25, 0.3) is 0 Å². The lowest BCUT2D eigenvalue weighted by atomic mass is 10.0. The molecule has 6 nitrogen and oxygen atoms in total. The van der Waals surface area contributed by atoms with E-state index in [1.165, 1.54) is 0 Å². The van der Waals surface area contributed by atoms with Crippen LogP contribution in [0.2, 0.25) is 5.02 Å². The molecule has 0 saturated heterocycles. The van der Waals surface area contributed by atoms with Gasteiger partial charge in [-0.05, 0) is 50.8 Å². The number of aromatic nitrogens is 1. The van der Waals surface area contributed by atoms with E-state index >= 15 is 0 Å². The number of hydrogen-bond donors (Lipinski definition) is 4. The Morgan fingerprint density at radius 3 is 2.75 bits per heavy atom. The van der Waals surface area contributed by atoms with Crippen LogP contribution >= 0.6 is 11.6 Å². The molecule has 1 aromatic carbocycles. The normalized spacial score (nSPS) is 14.4. The summed E-state index contributed by atoms with van der Waals surface area (Å²) in [5.41, 5.74) is 0.729. The summed E-state index contributed by atoms with van der Waals surface area (Å²) in [5, 5.41) is 24.3.